The van der Waals surface area contributed by atoms with Crippen LogP contribution in [0.25, 0.3) is 0 Å². The monoisotopic (exact) mass is 342 g/mol. The molecule has 2 nitrogen and oxygen atoms in total. The normalized spacial score (nSPS) is 22.9. The van der Waals surface area contributed by atoms with Crippen LogP contribution >= 0.6 is 0 Å². The van der Waals surface area contributed by atoms with E-state index in [4.69, 9.17) is 4.74 Å². The van der Waals surface area contributed by atoms with Crippen molar-refractivity contribution in [3.05, 3.63) is 42.0 Å². The van der Waals surface area contributed by atoms with Crippen LogP contribution in [0.2, 0.25) is 0 Å². The van der Waals surface area contributed by atoms with E-state index in [1.807, 2.05) is 13.0 Å². The minimum atomic E-state index is -4.35. The lowest BCUT2D eigenvalue weighted by atomic mass is 9.90. The molecule has 0 radical (unpaired) electrons. The lowest BCUT2D eigenvalue weighted by Crippen LogP contribution is -2.13. The molecule has 1 fully saturated rings. The largest absolute Gasteiger partial charge is 0.493 e. The van der Waals surface area contributed by atoms with Crippen molar-refractivity contribution in [2.24, 2.45) is 11.8 Å². The average Bonchev–Trinajstić information content (AvgIpc) is 2.93. The number of hydrogen-bond acceptors (Lipinski definition) is 2. The topological polar surface area (TPSA) is 29.5 Å². The Hall–Kier alpha value is -1.49. The fourth-order valence-electron chi connectivity index (χ4n) is 3.33. The Morgan fingerprint density at radius 2 is 2.12 bits per heavy atom. The molecule has 0 aliphatic heterocycles. The van der Waals surface area contributed by atoms with Crippen molar-refractivity contribution in [3.63, 3.8) is 0 Å². The number of allylic oxidation sites excluding steroid dienone is 1. The minimum absolute atomic E-state index is 0.242. The quantitative estimate of drug-likeness (QED) is 0.544. The molecule has 2 unspecified atom stereocenters. The second-order valence-electron chi connectivity index (χ2n) is 6.53. The van der Waals surface area contributed by atoms with Gasteiger partial charge in [-0.25, -0.2) is 0 Å². The highest BCUT2D eigenvalue weighted by molar-refractivity contribution is 5.30. The summed E-state index contributed by atoms with van der Waals surface area (Å²) in [5.41, 5.74) is -0.692. The number of benzene rings is 1. The molecule has 24 heavy (non-hydrogen) atoms. The van der Waals surface area contributed by atoms with Gasteiger partial charge in [0, 0.05) is 0 Å². The number of halogens is 3. The van der Waals surface area contributed by atoms with Crippen LogP contribution in [0.4, 0.5) is 13.2 Å². The van der Waals surface area contributed by atoms with Gasteiger partial charge in [-0.1, -0.05) is 24.6 Å². The molecule has 0 bridgehead atoms. The molecule has 0 saturated heterocycles. The van der Waals surface area contributed by atoms with Crippen molar-refractivity contribution >= 4 is 0 Å². The van der Waals surface area contributed by atoms with Gasteiger partial charge >= 0.3 is 6.18 Å². The van der Waals surface area contributed by atoms with Crippen LogP contribution in [-0.4, -0.2) is 17.8 Å². The van der Waals surface area contributed by atoms with Crippen molar-refractivity contribution in [1.29, 1.82) is 0 Å². The van der Waals surface area contributed by atoms with Gasteiger partial charge in [-0.2, -0.15) is 13.2 Å². The van der Waals surface area contributed by atoms with E-state index in [9.17, 15) is 18.3 Å². The van der Waals surface area contributed by atoms with E-state index < -0.39 is 11.7 Å². The first-order chi connectivity index (χ1) is 11.4. The summed E-state index contributed by atoms with van der Waals surface area (Å²) >= 11 is 0. The number of aliphatic hydroxyl groups excluding tert-OH is 1. The second kappa shape index (κ2) is 8.56. The summed E-state index contributed by atoms with van der Waals surface area (Å²) in [5, 5.41) is 9.52. The van der Waals surface area contributed by atoms with Crippen molar-refractivity contribution in [1.82, 2.24) is 0 Å². The van der Waals surface area contributed by atoms with Gasteiger partial charge in [-0.05, 0) is 62.6 Å². The molecule has 1 aromatic carbocycles. The molecular formula is C19H25F3O2. The Kier molecular flexibility index (Phi) is 6.72. The Morgan fingerprint density at radius 3 is 2.83 bits per heavy atom. The zero-order valence-corrected chi connectivity index (χ0v) is 13.9. The van der Waals surface area contributed by atoms with Crippen LogP contribution in [0, 0.1) is 11.8 Å². The molecule has 0 heterocycles. The van der Waals surface area contributed by atoms with Gasteiger partial charge < -0.3 is 9.84 Å². The lowest BCUT2D eigenvalue weighted by Gasteiger charge is -2.17. The third-order valence-corrected chi connectivity index (χ3v) is 4.46. The van der Waals surface area contributed by atoms with Crippen molar-refractivity contribution in [2.75, 3.05) is 6.61 Å². The molecule has 1 saturated carbocycles. The molecule has 2 rings (SSSR count). The molecule has 3 atom stereocenters. The van der Waals surface area contributed by atoms with Crippen molar-refractivity contribution in [3.8, 4) is 5.75 Å². The second-order valence-corrected chi connectivity index (χ2v) is 6.53. The van der Waals surface area contributed by atoms with Gasteiger partial charge in [0.05, 0.1) is 18.3 Å². The van der Waals surface area contributed by atoms with Gasteiger partial charge in [0.1, 0.15) is 5.75 Å². The molecule has 134 valence electrons. The predicted octanol–water partition coefficient (Wildman–Crippen LogP) is 5.22. The summed E-state index contributed by atoms with van der Waals surface area (Å²) in [6.45, 7) is 2.17. The highest BCUT2D eigenvalue weighted by atomic mass is 19.4. The molecule has 0 amide bonds. The number of ether oxygens (including phenoxy) is 1. The van der Waals surface area contributed by atoms with E-state index in [0.717, 1.165) is 31.4 Å². The van der Waals surface area contributed by atoms with Crippen LogP contribution in [0.15, 0.2) is 36.4 Å². The smallest absolute Gasteiger partial charge is 0.416 e. The highest BCUT2D eigenvalue weighted by Crippen LogP contribution is 2.36. The molecular weight excluding hydrogens is 317 g/mol. The maximum absolute atomic E-state index is 12.6. The maximum Gasteiger partial charge on any atom is 0.416 e. The third-order valence-electron chi connectivity index (χ3n) is 4.46. The molecule has 1 aliphatic carbocycles. The van der Waals surface area contributed by atoms with Gasteiger partial charge in [0.15, 0.2) is 0 Å². The van der Waals surface area contributed by atoms with E-state index in [1.165, 1.54) is 18.6 Å². The highest BCUT2D eigenvalue weighted by Gasteiger charge is 2.30. The first-order valence-corrected chi connectivity index (χ1v) is 8.51. The SMILES string of the molecule is CC(O)C[C@H]1CCCC1/C=C/CCOc1cccc(C(F)(F)F)c1. The van der Waals surface area contributed by atoms with E-state index in [0.29, 0.717) is 24.9 Å². The zero-order chi connectivity index (χ0) is 17.6. The Labute approximate surface area is 141 Å². The molecule has 1 N–H and O–H groups in total. The summed E-state index contributed by atoms with van der Waals surface area (Å²) in [5.74, 6) is 1.27. The van der Waals surface area contributed by atoms with Crippen LogP contribution in [0.3, 0.4) is 0 Å². The lowest BCUT2D eigenvalue weighted by molar-refractivity contribution is -0.137. The van der Waals surface area contributed by atoms with Crippen LogP contribution in [0.1, 0.15) is 44.6 Å². The van der Waals surface area contributed by atoms with Crippen molar-refractivity contribution in [2.45, 2.75) is 51.3 Å². The fraction of sp³-hybridized carbons (Fsp3) is 0.579. The summed E-state index contributed by atoms with van der Waals surface area (Å²) in [6.07, 6.45) is 4.57. The van der Waals surface area contributed by atoms with Gasteiger partial charge in [-0.15, -0.1) is 0 Å². The maximum atomic E-state index is 12.6. The zero-order valence-electron chi connectivity index (χ0n) is 13.9. The van der Waals surface area contributed by atoms with Crippen molar-refractivity contribution < 1.29 is 23.0 Å². The van der Waals surface area contributed by atoms with Crippen LogP contribution in [0.5, 0.6) is 5.75 Å². The predicted molar refractivity (Wildman–Crippen MR) is 87.8 cm³/mol. The number of hydrogen-bond donors (Lipinski definition) is 1. The molecule has 0 spiro atoms. The number of alkyl halides is 3. The molecule has 1 aromatic rings. The Morgan fingerprint density at radius 1 is 1.33 bits per heavy atom. The third kappa shape index (κ3) is 5.86. The van der Waals surface area contributed by atoms with E-state index in [1.54, 1.807) is 0 Å². The standard InChI is InChI=1S/C19H25F3O2/c1-14(23)12-16-8-4-7-15(16)6-2-3-11-24-18-10-5-9-17(13-18)19(20,21)22/h2,5-6,9-10,13-16,23H,3-4,7-8,11-12H2,1H3/b6-2+/t14?,15?,16-/m1/s1. The van der Waals surface area contributed by atoms with E-state index in [2.05, 4.69) is 6.08 Å². The Balaban J connectivity index is 1.76. The first kappa shape index (κ1) is 18.8. The summed E-state index contributed by atoms with van der Waals surface area (Å²) in [7, 11) is 0. The number of aliphatic hydroxyl groups is 1. The summed E-state index contributed by atoms with van der Waals surface area (Å²) < 4.78 is 43.3. The van der Waals surface area contributed by atoms with Gasteiger partial charge in [0.2, 0.25) is 0 Å². The van der Waals surface area contributed by atoms with E-state index in [-0.39, 0.29) is 11.9 Å². The average molecular weight is 342 g/mol. The first-order valence-electron chi connectivity index (χ1n) is 8.51. The molecule has 0 aromatic heterocycles. The van der Waals surface area contributed by atoms with Crippen LogP contribution in [-0.2, 0) is 6.18 Å². The van der Waals surface area contributed by atoms with Crippen LogP contribution < -0.4 is 4.74 Å². The molecule has 5 heteroatoms. The van der Waals surface area contributed by atoms with Gasteiger partial charge in [0.25, 0.3) is 0 Å². The summed E-state index contributed by atoms with van der Waals surface area (Å²) in [6, 6.07) is 4.95. The number of rotatable bonds is 7. The molecule has 1 aliphatic rings. The summed E-state index contributed by atoms with van der Waals surface area (Å²) in [4.78, 5) is 0. The Bertz CT molecular complexity index is 538. The van der Waals surface area contributed by atoms with E-state index >= 15 is 0 Å². The minimum Gasteiger partial charge on any atom is -0.493 e. The fourth-order valence-corrected chi connectivity index (χ4v) is 3.33. The van der Waals surface area contributed by atoms with Gasteiger partial charge in [-0.3, -0.25) is 0 Å².